The van der Waals surface area contributed by atoms with Crippen LogP contribution >= 0.6 is 11.8 Å². The highest BCUT2D eigenvalue weighted by Crippen LogP contribution is 2.43. The fourth-order valence-electron chi connectivity index (χ4n) is 3.76. The van der Waals surface area contributed by atoms with Crippen LogP contribution < -0.4 is 20.9 Å². The van der Waals surface area contributed by atoms with Crippen molar-refractivity contribution in [1.82, 2.24) is 15.2 Å². The Morgan fingerprint density at radius 3 is 2.43 bits per heavy atom. The zero-order chi connectivity index (χ0) is 25.5. The lowest BCUT2D eigenvalue weighted by molar-refractivity contribution is 0.0508. The van der Waals surface area contributed by atoms with Gasteiger partial charge in [0.1, 0.15) is 11.4 Å². The quantitative estimate of drug-likeness (QED) is 0.619. The number of nitrogens with zero attached hydrogens (tertiary/aromatic N) is 1. The number of hydrogen-bond donors (Lipinski definition) is 2. The van der Waals surface area contributed by atoms with Crippen molar-refractivity contribution in [3.05, 3.63) is 57.5 Å². The maximum absolute atomic E-state index is 13.5. The Labute approximate surface area is 205 Å². The number of nitrogens with one attached hydrogen (secondary N) is 2. The average molecular weight is 508 g/mol. The normalized spacial score (nSPS) is 20.1. The Bertz CT molecular complexity index is 1210. The molecule has 0 spiro atoms. The molecular weight excluding hydrogens is 480 g/mol. The Balaban J connectivity index is 1.69. The molecule has 2 N–H and O–H groups in total. The van der Waals surface area contributed by atoms with Gasteiger partial charge in [-0.25, -0.2) is 13.6 Å². The molecule has 2 heterocycles. The number of benzene rings is 1. The molecule has 0 bridgehead atoms. The number of carbonyl (C=O) groups is 2. The summed E-state index contributed by atoms with van der Waals surface area (Å²) in [5.74, 6) is -2.66. The van der Waals surface area contributed by atoms with E-state index in [9.17, 15) is 23.2 Å². The summed E-state index contributed by atoms with van der Waals surface area (Å²) in [6.07, 6.45) is 0.288. The molecule has 8 nitrogen and oxygen atoms in total. The van der Waals surface area contributed by atoms with E-state index >= 15 is 0 Å². The molecule has 2 aromatic rings. The number of halogens is 2. The lowest BCUT2D eigenvalue weighted by Crippen LogP contribution is -2.38. The van der Waals surface area contributed by atoms with E-state index in [1.165, 1.54) is 22.5 Å². The van der Waals surface area contributed by atoms with Crippen LogP contribution in [-0.4, -0.2) is 47.0 Å². The summed E-state index contributed by atoms with van der Waals surface area (Å²) in [4.78, 5) is 39.2. The number of amides is 2. The van der Waals surface area contributed by atoms with Gasteiger partial charge < -0.3 is 24.7 Å². The smallest absolute Gasteiger partial charge is 0.408 e. The summed E-state index contributed by atoms with van der Waals surface area (Å²) >= 11 is 1.22. The number of ether oxygens (including phenoxy) is 2. The third-order valence-corrected chi connectivity index (χ3v) is 6.82. The van der Waals surface area contributed by atoms with Gasteiger partial charge in [-0.3, -0.25) is 9.59 Å². The first-order valence-corrected chi connectivity index (χ1v) is 12.1. The molecule has 1 saturated carbocycles. The molecule has 1 aliphatic heterocycles. The number of fused-ring (bicyclic) bond motifs is 1. The minimum atomic E-state index is -2.93. The van der Waals surface area contributed by atoms with E-state index in [0.717, 1.165) is 5.56 Å². The van der Waals surface area contributed by atoms with Gasteiger partial charge in [0.2, 0.25) is 0 Å². The van der Waals surface area contributed by atoms with Crippen LogP contribution in [0.4, 0.5) is 13.6 Å². The molecule has 1 aromatic heterocycles. The van der Waals surface area contributed by atoms with E-state index in [0.29, 0.717) is 16.4 Å². The van der Waals surface area contributed by atoms with Crippen molar-refractivity contribution in [3.63, 3.8) is 0 Å². The standard InChI is InChI=1S/C24H27F2N3O5S/c1-23(2,3)34-22(32)27-16-12-35-19-15(20(30)28-17-9-24(17,25)26)11-29(21(31)18(16)19)10-13-5-7-14(33-4)8-6-13/h5-8,11,16-17H,9-10,12H2,1-4H3,(H,27,32)(H,28,30)/t16-,17+/m0/s1. The van der Waals surface area contributed by atoms with Crippen LogP contribution in [-0.2, 0) is 11.3 Å². The summed E-state index contributed by atoms with van der Waals surface area (Å²) in [6.45, 7) is 5.31. The predicted octanol–water partition coefficient (Wildman–Crippen LogP) is 3.71. The molecule has 0 unspecified atom stereocenters. The summed E-state index contributed by atoms with van der Waals surface area (Å²) in [6, 6.07) is 5.14. The Hall–Kier alpha value is -3.08. The fraction of sp³-hybridized carbons (Fsp3) is 0.458. The first kappa shape index (κ1) is 25.0. The molecule has 4 rings (SSSR count). The number of methoxy groups -OCH3 is 1. The largest absolute Gasteiger partial charge is 0.497 e. The second kappa shape index (κ2) is 9.18. The number of thioether (sulfide) groups is 1. The molecule has 2 atom stereocenters. The Morgan fingerprint density at radius 2 is 1.86 bits per heavy atom. The van der Waals surface area contributed by atoms with E-state index in [-0.39, 0.29) is 23.2 Å². The number of alkyl carbamates (subject to hydrolysis) is 1. The molecule has 1 fully saturated rings. The van der Waals surface area contributed by atoms with Crippen molar-refractivity contribution in [2.24, 2.45) is 0 Å². The van der Waals surface area contributed by atoms with Crippen LogP contribution in [0, 0.1) is 0 Å². The summed E-state index contributed by atoms with van der Waals surface area (Å²) in [7, 11) is 1.55. The van der Waals surface area contributed by atoms with Gasteiger partial charge in [0.15, 0.2) is 0 Å². The van der Waals surface area contributed by atoms with Gasteiger partial charge in [-0.15, -0.1) is 11.8 Å². The van der Waals surface area contributed by atoms with Gasteiger partial charge in [-0.1, -0.05) is 12.1 Å². The second-order valence-corrected chi connectivity index (χ2v) is 10.6. The van der Waals surface area contributed by atoms with Crippen molar-refractivity contribution >= 4 is 23.8 Å². The molecule has 188 valence electrons. The first-order chi connectivity index (χ1) is 16.4. The molecule has 0 radical (unpaired) electrons. The molecule has 35 heavy (non-hydrogen) atoms. The zero-order valence-corrected chi connectivity index (χ0v) is 20.6. The van der Waals surface area contributed by atoms with Gasteiger partial charge in [0, 0.05) is 23.3 Å². The van der Waals surface area contributed by atoms with Crippen molar-refractivity contribution in [2.75, 3.05) is 12.9 Å². The molecular formula is C24H27F2N3O5S. The van der Waals surface area contributed by atoms with Crippen LogP contribution in [0.3, 0.4) is 0 Å². The predicted molar refractivity (Wildman–Crippen MR) is 126 cm³/mol. The van der Waals surface area contributed by atoms with Crippen LogP contribution in [0.1, 0.15) is 54.7 Å². The summed E-state index contributed by atoms with van der Waals surface area (Å²) in [5.41, 5.74) is 0.0223. The number of aromatic nitrogens is 1. The van der Waals surface area contributed by atoms with Crippen LogP contribution in [0.15, 0.2) is 40.2 Å². The van der Waals surface area contributed by atoms with Crippen LogP contribution in [0.5, 0.6) is 5.75 Å². The van der Waals surface area contributed by atoms with Crippen molar-refractivity contribution < 1.29 is 27.8 Å². The molecule has 0 saturated heterocycles. The van der Waals surface area contributed by atoms with Gasteiger partial charge in [0.25, 0.3) is 17.4 Å². The molecule has 1 aromatic carbocycles. The highest BCUT2D eigenvalue weighted by molar-refractivity contribution is 7.99. The fourth-order valence-corrected chi connectivity index (χ4v) is 5.03. The molecule has 11 heteroatoms. The lowest BCUT2D eigenvalue weighted by atomic mass is 10.1. The second-order valence-electron chi connectivity index (χ2n) is 9.57. The van der Waals surface area contributed by atoms with Gasteiger partial charge in [-0.05, 0) is 38.5 Å². The Kier molecular flexibility index (Phi) is 6.56. The highest BCUT2D eigenvalue weighted by atomic mass is 32.2. The van der Waals surface area contributed by atoms with Gasteiger partial charge in [-0.2, -0.15) is 0 Å². The van der Waals surface area contributed by atoms with Crippen molar-refractivity contribution in [1.29, 1.82) is 0 Å². The third-order valence-electron chi connectivity index (χ3n) is 5.59. The maximum Gasteiger partial charge on any atom is 0.408 e. The number of hydrogen-bond acceptors (Lipinski definition) is 6. The Morgan fingerprint density at radius 1 is 1.20 bits per heavy atom. The van der Waals surface area contributed by atoms with E-state index < -0.39 is 42.0 Å². The average Bonchev–Trinajstić information content (AvgIpc) is 3.15. The topological polar surface area (TPSA) is 98.7 Å². The number of carbonyl (C=O) groups excluding carboxylic acids is 2. The van der Waals surface area contributed by atoms with E-state index in [2.05, 4.69) is 10.6 Å². The van der Waals surface area contributed by atoms with E-state index in [4.69, 9.17) is 9.47 Å². The van der Waals surface area contributed by atoms with E-state index in [1.807, 2.05) is 0 Å². The molecule has 2 amide bonds. The number of pyridine rings is 1. The number of alkyl halides is 2. The highest BCUT2D eigenvalue weighted by Gasteiger charge is 2.58. The first-order valence-electron chi connectivity index (χ1n) is 11.1. The van der Waals surface area contributed by atoms with Crippen molar-refractivity contribution in [2.45, 2.75) is 62.2 Å². The van der Waals surface area contributed by atoms with Crippen molar-refractivity contribution in [3.8, 4) is 5.75 Å². The SMILES string of the molecule is COc1ccc(Cn2cc(C(=O)N[C@@H]3CC3(F)F)c3c(c2=O)[C@@H](NC(=O)OC(C)(C)C)CS3)cc1. The summed E-state index contributed by atoms with van der Waals surface area (Å²) in [5, 5.41) is 5.06. The number of rotatable bonds is 6. The summed E-state index contributed by atoms with van der Waals surface area (Å²) < 4.78 is 38.7. The minimum Gasteiger partial charge on any atom is -0.497 e. The van der Waals surface area contributed by atoms with Gasteiger partial charge in [0.05, 0.1) is 36.9 Å². The van der Waals surface area contributed by atoms with Crippen LogP contribution in [0.2, 0.25) is 0 Å². The molecule has 1 aliphatic carbocycles. The lowest BCUT2D eigenvalue weighted by Gasteiger charge is -2.22. The molecule has 2 aliphatic rings. The third kappa shape index (κ3) is 5.61. The van der Waals surface area contributed by atoms with Gasteiger partial charge >= 0.3 is 6.09 Å². The van der Waals surface area contributed by atoms with Crippen LogP contribution in [0.25, 0.3) is 0 Å². The monoisotopic (exact) mass is 507 g/mol. The maximum atomic E-state index is 13.5. The van der Waals surface area contributed by atoms with E-state index in [1.54, 1.807) is 52.1 Å². The zero-order valence-electron chi connectivity index (χ0n) is 19.8. The minimum absolute atomic E-state index is 0.120.